The quantitative estimate of drug-likeness (QED) is 0.678. The number of aromatic nitrogens is 1. The molecule has 0 spiro atoms. The maximum absolute atomic E-state index is 12.1. The number of likely N-dealkylation sites (tertiary alicyclic amines) is 1. The van der Waals surface area contributed by atoms with Crippen LogP contribution in [0.25, 0.3) is 10.6 Å². The lowest BCUT2D eigenvalue weighted by Crippen LogP contribution is -2.50. The molecule has 1 saturated carbocycles. The summed E-state index contributed by atoms with van der Waals surface area (Å²) < 4.78 is 6.19. The SMILES string of the molecule is NC(=O)CC(=O)N1CCc2sc(-c3ccc(O[C@H]4C[C@H](N5CCCCC5)C4)cc3)nc2C1. The van der Waals surface area contributed by atoms with Crippen LogP contribution >= 0.6 is 11.3 Å². The summed E-state index contributed by atoms with van der Waals surface area (Å²) in [6, 6.07) is 8.90. The van der Waals surface area contributed by atoms with Gasteiger partial charge in [0.1, 0.15) is 23.3 Å². The third kappa shape index (κ3) is 4.66. The van der Waals surface area contributed by atoms with Crippen molar-refractivity contribution in [3.63, 3.8) is 0 Å². The van der Waals surface area contributed by atoms with E-state index in [2.05, 4.69) is 17.0 Å². The van der Waals surface area contributed by atoms with E-state index in [0.29, 0.717) is 25.2 Å². The van der Waals surface area contributed by atoms with Crippen molar-refractivity contribution >= 4 is 23.2 Å². The fourth-order valence-corrected chi connectivity index (χ4v) is 5.94. The maximum Gasteiger partial charge on any atom is 0.232 e. The van der Waals surface area contributed by atoms with Crippen molar-refractivity contribution in [2.24, 2.45) is 5.73 Å². The van der Waals surface area contributed by atoms with E-state index in [1.54, 1.807) is 16.2 Å². The lowest BCUT2D eigenvalue weighted by atomic mass is 9.86. The molecule has 1 aliphatic carbocycles. The Morgan fingerprint density at radius 2 is 1.84 bits per heavy atom. The van der Waals surface area contributed by atoms with Gasteiger partial charge in [0.15, 0.2) is 0 Å². The van der Waals surface area contributed by atoms with Crippen LogP contribution in [0.15, 0.2) is 24.3 Å². The highest BCUT2D eigenvalue weighted by molar-refractivity contribution is 7.15. The minimum Gasteiger partial charge on any atom is -0.490 e. The lowest BCUT2D eigenvalue weighted by molar-refractivity contribution is -0.135. The number of thiazole rings is 1. The Bertz CT molecular complexity index is 978. The molecule has 170 valence electrons. The molecule has 2 aromatic rings. The predicted molar refractivity (Wildman–Crippen MR) is 123 cm³/mol. The van der Waals surface area contributed by atoms with Gasteiger partial charge in [0.25, 0.3) is 0 Å². The number of hydrogen-bond donors (Lipinski definition) is 1. The summed E-state index contributed by atoms with van der Waals surface area (Å²) in [6.45, 7) is 3.55. The predicted octanol–water partition coefficient (Wildman–Crippen LogP) is 2.97. The van der Waals surface area contributed by atoms with Crippen molar-refractivity contribution in [3.8, 4) is 16.3 Å². The van der Waals surface area contributed by atoms with Gasteiger partial charge in [0.05, 0.1) is 12.2 Å². The highest BCUT2D eigenvalue weighted by Gasteiger charge is 2.35. The van der Waals surface area contributed by atoms with Gasteiger partial charge in [-0.1, -0.05) is 6.42 Å². The first-order valence-corrected chi connectivity index (χ1v) is 12.4. The molecular formula is C24H30N4O3S. The molecule has 0 atom stereocenters. The van der Waals surface area contributed by atoms with Crippen molar-refractivity contribution < 1.29 is 14.3 Å². The van der Waals surface area contributed by atoms with Gasteiger partial charge in [0, 0.05) is 42.3 Å². The number of carbonyl (C=O) groups excluding carboxylic acids is 2. The Morgan fingerprint density at radius 1 is 1.09 bits per heavy atom. The monoisotopic (exact) mass is 454 g/mol. The van der Waals surface area contributed by atoms with E-state index >= 15 is 0 Å². The van der Waals surface area contributed by atoms with Crippen molar-refractivity contribution in [2.45, 2.75) is 63.6 Å². The molecule has 7 nitrogen and oxygen atoms in total. The average molecular weight is 455 g/mol. The van der Waals surface area contributed by atoms with Crippen LogP contribution in [0.4, 0.5) is 0 Å². The van der Waals surface area contributed by atoms with Gasteiger partial charge in [-0.15, -0.1) is 11.3 Å². The zero-order chi connectivity index (χ0) is 22.1. The van der Waals surface area contributed by atoms with E-state index in [1.165, 1.54) is 37.2 Å². The molecule has 0 bridgehead atoms. The summed E-state index contributed by atoms with van der Waals surface area (Å²) in [7, 11) is 0. The van der Waals surface area contributed by atoms with Crippen molar-refractivity contribution in [1.82, 2.24) is 14.8 Å². The average Bonchev–Trinajstić information content (AvgIpc) is 3.20. The Morgan fingerprint density at radius 3 is 2.56 bits per heavy atom. The molecule has 2 fully saturated rings. The van der Waals surface area contributed by atoms with Gasteiger partial charge in [-0.3, -0.25) is 9.59 Å². The number of primary amides is 1. The highest BCUT2D eigenvalue weighted by Crippen LogP contribution is 2.34. The number of nitrogens with two attached hydrogens (primary N) is 1. The van der Waals surface area contributed by atoms with Crippen LogP contribution in [0.2, 0.25) is 0 Å². The van der Waals surface area contributed by atoms with Crippen molar-refractivity contribution in [2.75, 3.05) is 19.6 Å². The molecular weight excluding hydrogens is 424 g/mol. The Kier molecular flexibility index (Phi) is 6.15. The molecule has 2 N–H and O–H groups in total. The molecule has 1 aromatic carbocycles. The van der Waals surface area contributed by atoms with E-state index in [-0.39, 0.29) is 12.3 Å². The van der Waals surface area contributed by atoms with Crippen molar-refractivity contribution in [1.29, 1.82) is 0 Å². The van der Waals surface area contributed by atoms with E-state index in [9.17, 15) is 9.59 Å². The largest absolute Gasteiger partial charge is 0.490 e. The number of rotatable bonds is 6. The molecule has 0 radical (unpaired) electrons. The molecule has 0 unspecified atom stereocenters. The van der Waals surface area contributed by atoms with Gasteiger partial charge < -0.3 is 20.3 Å². The van der Waals surface area contributed by atoms with Gasteiger partial charge in [-0.05, 0) is 50.2 Å². The second-order valence-corrected chi connectivity index (χ2v) is 10.2. The molecule has 1 saturated heterocycles. The first-order chi connectivity index (χ1) is 15.5. The fraction of sp³-hybridized carbons (Fsp3) is 0.542. The number of benzene rings is 1. The summed E-state index contributed by atoms with van der Waals surface area (Å²) in [5.41, 5.74) is 7.14. The van der Waals surface area contributed by atoms with Crippen LogP contribution in [0.3, 0.4) is 0 Å². The van der Waals surface area contributed by atoms with E-state index in [0.717, 1.165) is 41.3 Å². The number of hydrogen-bond acceptors (Lipinski definition) is 6. The number of piperidine rings is 1. The Labute approximate surface area is 192 Å². The van der Waals surface area contributed by atoms with Gasteiger partial charge in [-0.2, -0.15) is 0 Å². The fourth-order valence-electron chi connectivity index (χ4n) is 4.88. The Balaban J connectivity index is 1.16. The third-order valence-electron chi connectivity index (χ3n) is 6.79. The van der Waals surface area contributed by atoms with Gasteiger partial charge in [0.2, 0.25) is 11.8 Å². The number of nitrogens with zero attached hydrogens (tertiary/aromatic N) is 3. The number of fused-ring (bicyclic) bond motifs is 1. The lowest BCUT2D eigenvalue weighted by Gasteiger charge is -2.44. The second kappa shape index (κ2) is 9.19. The van der Waals surface area contributed by atoms with Crippen LogP contribution in [-0.2, 0) is 22.6 Å². The van der Waals surface area contributed by atoms with Crippen molar-refractivity contribution in [3.05, 3.63) is 34.8 Å². The molecule has 2 amide bonds. The normalized spacial score (nSPS) is 23.3. The van der Waals surface area contributed by atoms with Gasteiger partial charge >= 0.3 is 0 Å². The smallest absolute Gasteiger partial charge is 0.232 e. The first kappa shape index (κ1) is 21.4. The van der Waals surface area contributed by atoms with E-state index in [1.807, 2.05) is 12.1 Å². The second-order valence-electron chi connectivity index (χ2n) is 9.08. The zero-order valence-electron chi connectivity index (χ0n) is 18.3. The minimum atomic E-state index is -0.592. The summed E-state index contributed by atoms with van der Waals surface area (Å²) in [4.78, 5) is 33.5. The minimum absolute atomic E-state index is 0.224. The molecule has 3 aliphatic rings. The van der Waals surface area contributed by atoms with E-state index in [4.69, 9.17) is 15.5 Å². The van der Waals surface area contributed by atoms with Crippen LogP contribution in [0, 0.1) is 0 Å². The summed E-state index contributed by atoms with van der Waals surface area (Å²) in [5, 5.41) is 0.958. The maximum atomic E-state index is 12.1. The summed E-state index contributed by atoms with van der Waals surface area (Å²) in [5.74, 6) is 0.101. The van der Waals surface area contributed by atoms with E-state index < -0.39 is 5.91 Å². The standard InChI is InChI=1S/C24H30N4O3S/c25-22(29)14-23(30)28-11-8-21-20(15-28)26-24(32-21)16-4-6-18(7-5-16)31-19-12-17(13-19)27-9-2-1-3-10-27/h4-7,17,19H,1-3,8-15H2,(H2,25,29)/t17-,19-. The highest BCUT2D eigenvalue weighted by atomic mass is 32.1. The molecule has 32 heavy (non-hydrogen) atoms. The molecule has 1 aromatic heterocycles. The molecule has 5 rings (SSSR count). The summed E-state index contributed by atoms with van der Waals surface area (Å²) >= 11 is 1.68. The zero-order valence-corrected chi connectivity index (χ0v) is 19.1. The number of ether oxygens (including phenoxy) is 1. The molecule has 3 heterocycles. The van der Waals surface area contributed by atoms with Crippen LogP contribution in [-0.4, -0.2) is 58.4 Å². The van der Waals surface area contributed by atoms with Crippen LogP contribution < -0.4 is 10.5 Å². The van der Waals surface area contributed by atoms with Gasteiger partial charge in [-0.25, -0.2) is 4.98 Å². The molecule has 2 aliphatic heterocycles. The number of amides is 2. The molecule has 8 heteroatoms. The Hall–Kier alpha value is -2.45. The van der Waals surface area contributed by atoms with Crippen LogP contribution in [0.5, 0.6) is 5.75 Å². The number of carbonyl (C=O) groups is 2. The summed E-state index contributed by atoms with van der Waals surface area (Å²) in [6.07, 6.45) is 7.16. The topological polar surface area (TPSA) is 88.8 Å². The van der Waals surface area contributed by atoms with Crippen LogP contribution in [0.1, 0.15) is 49.1 Å². The first-order valence-electron chi connectivity index (χ1n) is 11.6. The third-order valence-corrected chi connectivity index (χ3v) is 7.99.